The lowest BCUT2D eigenvalue weighted by molar-refractivity contribution is 0.201. The molecule has 0 aliphatic carbocycles. The summed E-state index contributed by atoms with van der Waals surface area (Å²) in [7, 11) is 1.95. The lowest BCUT2D eigenvalue weighted by Crippen LogP contribution is -2.14. The molecule has 0 bridgehead atoms. The van der Waals surface area contributed by atoms with E-state index in [0.29, 0.717) is 6.04 Å². The smallest absolute Gasteiger partial charge is 0.213 e. The molecule has 0 aliphatic rings. The van der Waals surface area contributed by atoms with Gasteiger partial charge in [0, 0.05) is 18.3 Å². The number of pyridine rings is 1. The van der Waals surface area contributed by atoms with Crippen LogP contribution in [0, 0.1) is 0 Å². The van der Waals surface area contributed by atoms with Gasteiger partial charge < -0.3 is 10.1 Å². The molecule has 2 atom stereocenters. The lowest BCUT2D eigenvalue weighted by Gasteiger charge is -2.15. The van der Waals surface area contributed by atoms with Crippen molar-refractivity contribution in [2.75, 3.05) is 7.05 Å². The van der Waals surface area contributed by atoms with Gasteiger partial charge in [-0.05, 0) is 38.9 Å². The van der Waals surface area contributed by atoms with Crippen LogP contribution in [0.1, 0.15) is 45.2 Å². The van der Waals surface area contributed by atoms with Crippen LogP contribution in [0.4, 0.5) is 0 Å². The fourth-order valence-electron chi connectivity index (χ4n) is 1.60. The van der Waals surface area contributed by atoms with Gasteiger partial charge in [-0.2, -0.15) is 0 Å². The average Bonchev–Trinajstić information content (AvgIpc) is 2.28. The summed E-state index contributed by atoms with van der Waals surface area (Å²) in [5.74, 6) is 0.723. The second-order valence-electron chi connectivity index (χ2n) is 4.15. The second-order valence-corrected chi connectivity index (χ2v) is 4.15. The predicted molar refractivity (Wildman–Crippen MR) is 66.7 cm³/mol. The molecule has 0 amide bonds. The molecule has 1 N–H and O–H groups in total. The van der Waals surface area contributed by atoms with E-state index >= 15 is 0 Å². The maximum absolute atomic E-state index is 5.75. The summed E-state index contributed by atoms with van der Waals surface area (Å²) >= 11 is 0. The molecular formula is C13H22N2O. The summed E-state index contributed by atoms with van der Waals surface area (Å²) in [6.07, 6.45) is 4.23. The molecule has 1 rings (SSSR count). The van der Waals surface area contributed by atoms with Crippen molar-refractivity contribution in [3.63, 3.8) is 0 Å². The molecule has 0 aromatic carbocycles. The normalized spacial score (nSPS) is 14.5. The molecule has 2 unspecified atom stereocenters. The van der Waals surface area contributed by atoms with E-state index in [4.69, 9.17) is 4.74 Å². The molecule has 1 aromatic rings. The van der Waals surface area contributed by atoms with Gasteiger partial charge in [0.25, 0.3) is 0 Å². The number of ether oxygens (including phenoxy) is 1. The van der Waals surface area contributed by atoms with Crippen molar-refractivity contribution in [3.05, 3.63) is 23.9 Å². The largest absolute Gasteiger partial charge is 0.475 e. The van der Waals surface area contributed by atoms with Crippen molar-refractivity contribution in [1.29, 1.82) is 0 Å². The minimum Gasteiger partial charge on any atom is -0.475 e. The molecule has 16 heavy (non-hydrogen) atoms. The summed E-state index contributed by atoms with van der Waals surface area (Å²) in [6.45, 7) is 6.36. The van der Waals surface area contributed by atoms with Gasteiger partial charge in [0.05, 0.1) is 6.10 Å². The van der Waals surface area contributed by atoms with Gasteiger partial charge in [0.2, 0.25) is 5.88 Å². The maximum Gasteiger partial charge on any atom is 0.213 e. The third-order valence-corrected chi connectivity index (χ3v) is 2.71. The maximum atomic E-state index is 5.75. The van der Waals surface area contributed by atoms with Crippen molar-refractivity contribution in [2.24, 2.45) is 0 Å². The Balaban J connectivity index is 2.67. The number of aromatic nitrogens is 1. The third kappa shape index (κ3) is 3.81. The highest BCUT2D eigenvalue weighted by Crippen LogP contribution is 2.17. The van der Waals surface area contributed by atoms with E-state index < -0.39 is 0 Å². The zero-order valence-corrected chi connectivity index (χ0v) is 10.7. The van der Waals surface area contributed by atoms with E-state index in [-0.39, 0.29) is 6.10 Å². The molecule has 3 nitrogen and oxygen atoms in total. The van der Waals surface area contributed by atoms with Crippen molar-refractivity contribution in [1.82, 2.24) is 10.3 Å². The summed E-state index contributed by atoms with van der Waals surface area (Å²) in [6, 6.07) is 4.35. The summed E-state index contributed by atoms with van der Waals surface area (Å²) in [5.41, 5.74) is 1.20. The number of nitrogens with zero attached hydrogens (tertiary/aromatic N) is 1. The minimum atomic E-state index is 0.234. The van der Waals surface area contributed by atoms with Gasteiger partial charge in [0.15, 0.2) is 0 Å². The zero-order valence-electron chi connectivity index (χ0n) is 10.7. The van der Waals surface area contributed by atoms with Crippen molar-refractivity contribution in [3.8, 4) is 5.88 Å². The molecule has 1 aromatic heterocycles. The Morgan fingerprint density at radius 1 is 1.44 bits per heavy atom. The van der Waals surface area contributed by atoms with E-state index in [9.17, 15) is 0 Å². The van der Waals surface area contributed by atoms with E-state index in [1.807, 2.05) is 19.2 Å². The average molecular weight is 222 g/mol. The third-order valence-electron chi connectivity index (χ3n) is 2.71. The van der Waals surface area contributed by atoms with Crippen molar-refractivity contribution >= 4 is 0 Å². The highest BCUT2D eigenvalue weighted by molar-refractivity contribution is 5.23. The first-order valence-electron chi connectivity index (χ1n) is 5.97. The first kappa shape index (κ1) is 13.0. The van der Waals surface area contributed by atoms with Crippen LogP contribution >= 0.6 is 0 Å². The Bertz CT molecular complexity index is 315. The molecule has 0 saturated carbocycles. The van der Waals surface area contributed by atoms with Crippen LogP contribution < -0.4 is 10.1 Å². The number of rotatable bonds is 6. The highest BCUT2D eigenvalue weighted by atomic mass is 16.5. The van der Waals surface area contributed by atoms with Gasteiger partial charge in [-0.3, -0.25) is 0 Å². The zero-order chi connectivity index (χ0) is 12.0. The first-order chi connectivity index (χ1) is 7.67. The van der Waals surface area contributed by atoms with Gasteiger partial charge >= 0.3 is 0 Å². The minimum absolute atomic E-state index is 0.234. The Kier molecular flexibility index (Phi) is 5.26. The van der Waals surface area contributed by atoms with E-state index in [0.717, 1.165) is 18.7 Å². The second kappa shape index (κ2) is 6.48. The van der Waals surface area contributed by atoms with Crippen molar-refractivity contribution < 1.29 is 4.74 Å². The standard InChI is InChI=1S/C13H22N2O/c1-5-6-10(2)16-13-9-12(7-8-15-13)11(3)14-4/h7-11,14H,5-6H2,1-4H3. The molecule has 0 radical (unpaired) electrons. The fraction of sp³-hybridized carbons (Fsp3) is 0.615. The van der Waals surface area contributed by atoms with E-state index in [1.54, 1.807) is 6.20 Å². The molecular weight excluding hydrogens is 200 g/mol. The number of nitrogens with one attached hydrogen (secondary N) is 1. The predicted octanol–water partition coefficient (Wildman–Crippen LogP) is 2.93. The van der Waals surface area contributed by atoms with Crippen LogP contribution in [-0.4, -0.2) is 18.1 Å². The van der Waals surface area contributed by atoms with Gasteiger partial charge in [-0.15, -0.1) is 0 Å². The van der Waals surface area contributed by atoms with Crippen molar-refractivity contribution in [2.45, 2.75) is 45.8 Å². The van der Waals surface area contributed by atoms with Gasteiger partial charge in [-0.25, -0.2) is 4.98 Å². The van der Waals surface area contributed by atoms with Gasteiger partial charge in [-0.1, -0.05) is 13.3 Å². The molecule has 3 heteroatoms. The Morgan fingerprint density at radius 2 is 2.19 bits per heavy atom. The fourth-order valence-corrected chi connectivity index (χ4v) is 1.60. The lowest BCUT2D eigenvalue weighted by atomic mass is 10.1. The Labute approximate surface area is 98.2 Å². The SMILES string of the molecule is CCCC(C)Oc1cc(C(C)NC)ccn1. The monoisotopic (exact) mass is 222 g/mol. The first-order valence-corrected chi connectivity index (χ1v) is 5.97. The number of hydrogen-bond donors (Lipinski definition) is 1. The van der Waals surface area contributed by atoms with E-state index in [1.165, 1.54) is 5.56 Å². The Hall–Kier alpha value is -1.09. The molecule has 1 heterocycles. The quantitative estimate of drug-likeness (QED) is 0.803. The van der Waals surface area contributed by atoms with Crippen LogP contribution in [0.25, 0.3) is 0 Å². The van der Waals surface area contributed by atoms with Gasteiger partial charge in [0.1, 0.15) is 0 Å². The summed E-state index contributed by atoms with van der Waals surface area (Å²) < 4.78 is 5.75. The van der Waals surface area contributed by atoms with Crippen LogP contribution in [-0.2, 0) is 0 Å². The summed E-state index contributed by atoms with van der Waals surface area (Å²) in [4.78, 5) is 4.23. The topological polar surface area (TPSA) is 34.1 Å². The summed E-state index contributed by atoms with van der Waals surface area (Å²) in [5, 5.41) is 3.20. The van der Waals surface area contributed by atoms with Crippen LogP contribution in [0.3, 0.4) is 0 Å². The van der Waals surface area contributed by atoms with E-state index in [2.05, 4.69) is 31.1 Å². The molecule has 0 spiro atoms. The molecule has 90 valence electrons. The molecule has 0 fully saturated rings. The Morgan fingerprint density at radius 3 is 2.81 bits per heavy atom. The molecule has 0 aliphatic heterocycles. The van der Waals surface area contributed by atoms with Crippen LogP contribution in [0.5, 0.6) is 5.88 Å². The number of hydrogen-bond acceptors (Lipinski definition) is 3. The van der Waals surface area contributed by atoms with Crippen LogP contribution in [0.2, 0.25) is 0 Å². The molecule has 0 saturated heterocycles. The highest BCUT2D eigenvalue weighted by Gasteiger charge is 2.07. The van der Waals surface area contributed by atoms with Crippen LogP contribution in [0.15, 0.2) is 18.3 Å².